The quantitative estimate of drug-likeness (QED) is 0.369. The highest BCUT2D eigenvalue weighted by Gasteiger charge is 2.55. The third-order valence-corrected chi connectivity index (χ3v) is 5.98. The summed E-state index contributed by atoms with van der Waals surface area (Å²) in [5.74, 6) is -0.971. The number of rotatable bonds is 3. The van der Waals surface area contributed by atoms with Gasteiger partial charge in [0.25, 0.3) is 12.2 Å². The minimum Gasteiger partial charge on any atom is -0.710 e. The van der Waals surface area contributed by atoms with Crippen molar-refractivity contribution >= 4 is 17.7 Å². The molecule has 2 N–H and O–H groups in total. The SMILES string of the molecule is O=C1OC2(CCC(O)(C(=O)Nc3ccn(-c4ccccc4)n3)CC2)c2cnc[n+]([O-])c21. The maximum absolute atomic E-state index is 12.8. The Bertz CT molecular complexity index is 1170. The average molecular weight is 421 g/mol. The number of hydrogen-bond donors (Lipinski definition) is 2. The number of anilines is 1. The number of hydrogen-bond acceptors (Lipinski definition) is 7. The molecule has 5 rings (SSSR count). The molecule has 158 valence electrons. The summed E-state index contributed by atoms with van der Waals surface area (Å²) in [5, 5.41) is 29.9. The van der Waals surface area contributed by atoms with Crippen molar-refractivity contribution in [3.05, 3.63) is 71.6 Å². The Morgan fingerprint density at radius 1 is 1.19 bits per heavy atom. The molecular formula is C21H19N5O5. The van der Waals surface area contributed by atoms with Crippen LogP contribution in [0.5, 0.6) is 0 Å². The highest BCUT2D eigenvalue weighted by Crippen LogP contribution is 2.48. The average Bonchev–Trinajstić information content (AvgIpc) is 3.35. The molecule has 10 nitrogen and oxygen atoms in total. The van der Waals surface area contributed by atoms with Crippen LogP contribution in [0.2, 0.25) is 0 Å². The molecule has 1 aromatic carbocycles. The van der Waals surface area contributed by atoms with E-state index in [1.54, 1.807) is 16.9 Å². The summed E-state index contributed by atoms with van der Waals surface area (Å²) in [5.41, 5.74) is -1.54. The molecule has 1 fully saturated rings. The van der Waals surface area contributed by atoms with Crippen molar-refractivity contribution in [2.75, 3.05) is 5.32 Å². The van der Waals surface area contributed by atoms with Crippen molar-refractivity contribution in [2.45, 2.75) is 36.9 Å². The molecule has 1 spiro atoms. The molecule has 2 aliphatic rings. The molecule has 0 bridgehead atoms. The lowest BCUT2D eigenvalue weighted by molar-refractivity contribution is -0.611. The Morgan fingerprint density at radius 2 is 1.94 bits per heavy atom. The second-order valence-electron chi connectivity index (χ2n) is 7.83. The lowest BCUT2D eigenvalue weighted by atomic mass is 9.73. The Hall–Kier alpha value is -3.79. The molecule has 3 aromatic rings. The molecule has 10 heteroatoms. The van der Waals surface area contributed by atoms with Gasteiger partial charge < -0.3 is 20.4 Å². The number of fused-ring (bicyclic) bond motifs is 2. The molecule has 0 radical (unpaired) electrons. The van der Waals surface area contributed by atoms with Gasteiger partial charge in [-0.1, -0.05) is 23.2 Å². The maximum atomic E-state index is 12.8. The summed E-state index contributed by atoms with van der Waals surface area (Å²) in [6.07, 6.45) is 4.65. The van der Waals surface area contributed by atoms with E-state index in [2.05, 4.69) is 15.4 Å². The lowest BCUT2D eigenvalue weighted by Gasteiger charge is -2.39. The predicted octanol–water partition coefficient (Wildman–Crippen LogP) is 1.21. The number of ether oxygens (including phenoxy) is 1. The number of aliphatic hydroxyl groups is 1. The summed E-state index contributed by atoms with van der Waals surface area (Å²) in [6, 6.07) is 11.1. The first-order chi connectivity index (χ1) is 14.9. The molecule has 1 aliphatic carbocycles. The Kier molecular flexibility index (Phi) is 4.26. The highest BCUT2D eigenvalue weighted by atomic mass is 16.6. The summed E-state index contributed by atoms with van der Waals surface area (Å²) in [4.78, 5) is 28.9. The molecule has 0 unspecified atom stereocenters. The van der Waals surface area contributed by atoms with Gasteiger partial charge in [-0.3, -0.25) is 4.79 Å². The number of carbonyl (C=O) groups excluding carboxylic acids is 2. The first-order valence-corrected chi connectivity index (χ1v) is 9.86. The smallest absolute Gasteiger partial charge is 0.380 e. The molecule has 3 heterocycles. The number of carbonyl (C=O) groups is 2. The second-order valence-corrected chi connectivity index (χ2v) is 7.83. The van der Waals surface area contributed by atoms with Gasteiger partial charge in [0, 0.05) is 12.3 Å². The van der Waals surface area contributed by atoms with Crippen LogP contribution < -0.4 is 10.0 Å². The van der Waals surface area contributed by atoms with Gasteiger partial charge >= 0.3 is 5.97 Å². The van der Waals surface area contributed by atoms with Crippen molar-refractivity contribution in [2.24, 2.45) is 0 Å². The minimum atomic E-state index is -1.65. The van der Waals surface area contributed by atoms with Crippen LogP contribution in [0.4, 0.5) is 5.82 Å². The number of esters is 1. The first kappa shape index (κ1) is 19.2. The number of nitrogens with one attached hydrogen (secondary N) is 1. The minimum absolute atomic E-state index is 0.0543. The Balaban J connectivity index is 1.30. The van der Waals surface area contributed by atoms with Crippen molar-refractivity contribution in [3.63, 3.8) is 0 Å². The van der Waals surface area contributed by atoms with Crippen molar-refractivity contribution in [1.29, 1.82) is 0 Å². The van der Waals surface area contributed by atoms with Crippen LogP contribution in [0.3, 0.4) is 0 Å². The number of aromatic nitrogens is 4. The molecule has 0 atom stereocenters. The molecule has 2 aromatic heterocycles. The van der Waals surface area contributed by atoms with Crippen molar-refractivity contribution in [3.8, 4) is 5.69 Å². The zero-order valence-corrected chi connectivity index (χ0v) is 16.4. The van der Waals surface area contributed by atoms with Crippen LogP contribution in [0.15, 0.2) is 55.1 Å². The fourth-order valence-electron chi connectivity index (χ4n) is 4.23. The van der Waals surface area contributed by atoms with Crippen molar-refractivity contribution < 1.29 is 24.2 Å². The van der Waals surface area contributed by atoms with E-state index in [0.29, 0.717) is 16.1 Å². The monoisotopic (exact) mass is 421 g/mol. The van der Waals surface area contributed by atoms with Crippen LogP contribution in [-0.2, 0) is 15.1 Å². The van der Waals surface area contributed by atoms with Crippen LogP contribution in [0, 0.1) is 5.21 Å². The fourth-order valence-corrected chi connectivity index (χ4v) is 4.23. The zero-order chi connectivity index (χ0) is 21.6. The standard InChI is InChI=1S/C21H19N5O5/c27-18-17-15(12-22-13-26(17)30)21(31-18)9-7-20(29,8-10-21)19(28)23-16-6-11-25(24-16)14-4-2-1-3-5-14/h1-6,11-13,29H,7-10H2,(H,23,24,28). The Labute approximate surface area is 176 Å². The molecule has 0 saturated heterocycles. The van der Waals surface area contributed by atoms with Gasteiger partial charge in [-0.15, -0.1) is 0 Å². The van der Waals surface area contributed by atoms with E-state index in [4.69, 9.17) is 4.74 Å². The molecular weight excluding hydrogens is 402 g/mol. The van der Waals surface area contributed by atoms with E-state index in [1.807, 2.05) is 30.3 Å². The van der Waals surface area contributed by atoms with Gasteiger partial charge in [0.15, 0.2) is 12.0 Å². The van der Waals surface area contributed by atoms with Gasteiger partial charge in [-0.2, -0.15) is 5.10 Å². The van der Waals surface area contributed by atoms with Crippen LogP contribution in [0.1, 0.15) is 41.7 Å². The third kappa shape index (κ3) is 3.12. The van der Waals surface area contributed by atoms with Crippen LogP contribution in [-0.4, -0.2) is 37.3 Å². The molecule has 1 saturated carbocycles. The van der Waals surface area contributed by atoms with Gasteiger partial charge in [-0.05, 0) is 37.8 Å². The summed E-state index contributed by atoms with van der Waals surface area (Å²) < 4.78 is 7.54. The van der Waals surface area contributed by atoms with E-state index in [0.717, 1.165) is 12.0 Å². The predicted molar refractivity (Wildman–Crippen MR) is 106 cm³/mol. The molecule has 1 aliphatic heterocycles. The topological polar surface area (TPSA) is 133 Å². The number of benzene rings is 1. The summed E-state index contributed by atoms with van der Waals surface area (Å²) >= 11 is 0. The van der Waals surface area contributed by atoms with Crippen molar-refractivity contribution in [1.82, 2.24) is 14.8 Å². The van der Waals surface area contributed by atoms with E-state index in [-0.39, 0.29) is 31.4 Å². The summed E-state index contributed by atoms with van der Waals surface area (Å²) in [7, 11) is 0. The lowest BCUT2D eigenvalue weighted by Crippen LogP contribution is -2.49. The molecule has 31 heavy (non-hydrogen) atoms. The Morgan fingerprint density at radius 3 is 2.68 bits per heavy atom. The largest absolute Gasteiger partial charge is 0.710 e. The number of nitrogens with zero attached hydrogens (tertiary/aromatic N) is 4. The van der Waals surface area contributed by atoms with Gasteiger partial charge in [0.1, 0.15) is 11.2 Å². The van der Waals surface area contributed by atoms with E-state index >= 15 is 0 Å². The van der Waals surface area contributed by atoms with Gasteiger partial charge in [0.2, 0.25) is 5.69 Å². The van der Waals surface area contributed by atoms with E-state index in [1.165, 1.54) is 6.20 Å². The van der Waals surface area contributed by atoms with Crippen LogP contribution in [0.25, 0.3) is 5.69 Å². The first-order valence-electron chi connectivity index (χ1n) is 9.86. The normalized spacial score (nSPS) is 24.6. The number of amides is 1. The summed E-state index contributed by atoms with van der Waals surface area (Å²) in [6.45, 7) is 0. The van der Waals surface area contributed by atoms with Gasteiger partial charge in [0.05, 0.1) is 11.3 Å². The van der Waals surface area contributed by atoms with E-state index < -0.39 is 23.1 Å². The fraction of sp³-hybridized carbons (Fsp3) is 0.286. The van der Waals surface area contributed by atoms with E-state index in [9.17, 15) is 19.9 Å². The maximum Gasteiger partial charge on any atom is 0.380 e. The zero-order valence-electron chi connectivity index (χ0n) is 16.4. The number of para-hydroxylation sites is 1. The molecule has 1 amide bonds. The van der Waals surface area contributed by atoms with Crippen LogP contribution >= 0.6 is 0 Å². The second kappa shape index (κ2) is 6.88. The third-order valence-electron chi connectivity index (χ3n) is 5.98. The highest BCUT2D eigenvalue weighted by molar-refractivity contribution is 5.96. The van der Waals surface area contributed by atoms with Gasteiger partial charge in [-0.25, -0.2) is 14.2 Å².